The zero-order valence-electron chi connectivity index (χ0n) is 13.5. The van der Waals surface area contributed by atoms with Crippen LogP contribution in [0.15, 0.2) is 47.4 Å². The van der Waals surface area contributed by atoms with Gasteiger partial charge in [-0.15, -0.1) is 0 Å². The molecule has 3 heterocycles. The van der Waals surface area contributed by atoms with Gasteiger partial charge >= 0.3 is 0 Å². The molecule has 0 amide bonds. The van der Waals surface area contributed by atoms with Crippen LogP contribution in [0.1, 0.15) is 17.7 Å². The van der Waals surface area contributed by atoms with Crippen molar-refractivity contribution in [3.63, 3.8) is 0 Å². The molecule has 0 atom stereocenters. The molecular formula is C19H18FN3O. The molecule has 0 saturated heterocycles. The Morgan fingerprint density at radius 2 is 1.92 bits per heavy atom. The third-order valence-corrected chi connectivity index (χ3v) is 4.57. The van der Waals surface area contributed by atoms with Crippen molar-refractivity contribution in [1.82, 2.24) is 14.3 Å². The fourth-order valence-electron chi connectivity index (χ4n) is 3.27. The van der Waals surface area contributed by atoms with Gasteiger partial charge in [0, 0.05) is 12.7 Å². The second kappa shape index (κ2) is 5.83. The minimum atomic E-state index is -0.261. The Kier molecular flexibility index (Phi) is 3.65. The third kappa shape index (κ3) is 2.61. The van der Waals surface area contributed by atoms with Gasteiger partial charge in [0.15, 0.2) is 0 Å². The molecule has 1 aliphatic rings. The van der Waals surface area contributed by atoms with Crippen molar-refractivity contribution in [3.05, 3.63) is 70.0 Å². The maximum absolute atomic E-state index is 13.1. The standard InChI is InChI=1S/C19H18FN3O/c1-22-9-2-3-17-16(12-22)19(24)23-10-8-14(11-18(23)21-17)13-4-6-15(20)7-5-13/h4-8,10-11H,2-3,9,12H2,1H3. The van der Waals surface area contributed by atoms with Gasteiger partial charge in [-0.25, -0.2) is 9.37 Å². The number of benzene rings is 1. The molecule has 1 aromatic carbocycles. The molecule has 0 radical (unpaired) electrons. The van der Waals surface area contributed by atoms with Gasteiger partial charge in [-0.05, 0) is 61.8 Å². The van der Waals surface area contributed by atoms with Gasteiger partial charge in [0.2, 0.25) is 0 Å². The van der Waals surface area contributed by atoms with Gasteiger partial charge in [-0.2, -0.15) is 0 Å². The second-order valence-electron chi connectivity index (χ2n) is 6.33. The number of rotatable bonds is 1. The summed E-state index contributed by atoms with van der Waals surface area (Å²) in [6.45, 7) is 1.61. The first-order chi connectivity index (χ1) is 11.6. The fourth-order valence-corrected chi connectivity index (χ4v) is 3.27. The van der Waals surface area contributed by atoms with E-state index in [1.54, 1.807) is 22.7 Å². The predicted molar refractivity (Wildman–Crippen MR) is 91.5 cm³/mol. The second-order valence-corrected chi connectivity index (χ2v) is 6.33. The number of hydrogen-bond donors (Lipinski definition) is 0. The molecular weight excluding hydrogens is 305 g/mol. The lowest BCUT2D eigenvalue weighted by Crippen LogP contribution is -2.26. The SMILES string of the molecule is CN1CCCc2nc3cc(-c4ccc(F)cc4)ccn3c(=O)c2C1. The van der Waals surface area contributed by atoms with E-state index in [4.69, 9.17) is 4.98 Å². The fraction of sp³-hybridized carbons (Fsp3) is 0.263. The highest BCUT2D eigenvalue weighted by atomic mass is 19.1. The summed E-state index contributed by atoms with van der Waals surface area (Å²) in [7, 11) is 2.03. The van der Waals surface area contributed by atoms with Crippen LogP contribution in [0.3, 0.4) is 0 Å². The van der Waals surface area contributed by atoms with Crippen LogP contribution in [-0.4, -0.2) is 27.9 Å². The monoisotopic (exact) mass is 323 g/mol. The summed E-state index contributed by atoms with van der Waals surface area (Å²) >= 11 is 0. The van der Waals surface area contributed by atoms with Crippen LogP contribution in [0.5, 0.6) is 0 Å². The van der Waals surface area contributed by atoms with Gasteiger partial charge in [-0.3, -0.25) is 9.20 Å². The van der Waals surface area contributed by atoms with E-state index in [1.165, 1.54) is 12.1 Å². The molecule has 2 aromatic heterocycles. The number of aromatic nitrogens is 2. The molecule has 0 bridgehead atoms. The van der Waals surface area contributed by atoms with Crippen LogP contribution >= 0.6 is 0 Å². The lowest BCUT2D eigenvalue weighted by molar-refractivity contribution is 0.331. The molecule has 4 nitrogen and oxygen atoms in total. The molecule has 122 valence electrons. The average molecular weight is 323 g/mol. The van der Waals surface area contributed by atoms with Crippen LogP contribution in [0.2, 0.25) is 0 Å². The highest BCUT2D eigenvalue weighted by molar-refractivity contribution is 5.67. The number of pyridine rings is 1. The van der Waals surface area contributed by atoms with Crippen LogP contribution in [0.4, 0.5) is 4.39 Å². The summed E-state index contributed by atoms with van der Waals surface area (Å²) in [5.74, 6) is -0.261. The van der Waals surface area contributed by atoms with E-state index >= 15 is 0 Å². The summed E-state index contributed by atoms with van der Waals surface area (Å²) in [5, 5.41) is 0. The first-order valence-corrected chi connectivity index (χ1v) is 8.10. The van der Waals surface area contributed by atoms with Crippen LogP contribution in [0.25, 0.3) is 16.8 Å². The molecule has 0 unspecified atom stereocenters. The first-order valence-electron chi connectivity index (χ1n) is 8.10. The van der Waals surface area contributed by atoms with E-state index in [-0.39, 0.29) is 11.4 Å². The van der Waals surface area contributed by atoms with Crippen molar-refractivity contribution in [2.24, 2.45) is 0 Å². The van der Waals surface area contributed by atoms with Gasteiger partial charge in [0.1, 0.15) is 11.5 Å². The topological polar surface area (TPSA) is 37.6 Å². The van der Waals surface area contributed by atoms with E-state index in [1.807, 2.05) is 19.2 Å². The Morgan fingerprint density at radius 1 is 1.12 bits per heavy atom. The molecule has 0 N–H and O–H groups in total. The number of aryl methyl sites for hydroxylation is 1. The maximum Gasteiger partial charge on any atom is 0.262 e. The highest BCUT2D eigenvalue weighted by Gasteiger charge is 2.18. The molecule has 4 rings (SSSR count). The van der Waals surface area contributed by atoms with E-state index in [9.17, 15) is 9.18 Å². The molecule has 1 aliphatic heterocycles. The van der Waals surface area contributed by atoms with E-state index in [0.29, 0.717) is 12.2 Å². The lowest BCUT2D eigenvalue weighted by atomic mass is 10.1. The molecule has 0 aliphatic carbocycles. The van der Waals surface area contributed by atoms with Gasteiger partial charge < -0.3 is 4.90 Å². The Bertz CT molecular complexity index is 963. The summed E-state index contributed by atoms with van der Waals surface area (Å²) in [5.41, 5.74) is 4.18. The van der Waals surface area contributed by atoms with Crippen LogP contribution in [0, 0.1) is 5.82 Å². The summed E-state index contributed by atoms with van der Waals surface area (Å²) in [6, 6.07) is 10.1. The van der Waals surface area contributed by atoms with Gasteiger partial charge in [-0.1, -0.05) is 12.1 Å². The number of fused-ring (bicyclic) bond motifs is 2. The highest BCUT2D eigenvalue weighted by Crippen LogP contribution is 2.21. The molecule has 0 fully saturated rings. The molecule has 24 heavy (non-hydrogen) atoms. The normalized spacial score (nSPS) is 15.2. The Morgan fingerprint density at radius 3 is 2.71 bits per heavy atom. The molecule has 3 aromatic rings. The van der Waals surface area contributed by atoms with Crippen molar-refractivity contribution >= 4 is 5.65 Å². The van der Waals surface area contributed by atoms with E-state index < -0.39 is 0 Å². The van der Waals surface area contributed by atoms with Crippen LogP contribution < -0.4 is 5.56 Å². The number of halogens is 1. The Balaban J connectivity index is 1.87. The first kappa shape index (κ1) is 15.0. The number of nitrogens with zero attached hydrogens (tertiary/aromatic N) is 3. The van der Waals surface area contributed by atoms with E-state index in [2.05, 4.69) is 4.90 Å². The van der Waals surface area contributed by atoms with Gasteiger partial charge in [0.25, 0.3) is 5.56 Å². The van der Waals surface area contributed by atoms with Crippen molar-refractivity contribution in [1.29, 1.82) is 0 Å². The van der Waals surface area contributed by atoms with Gasteiger partial charge in [0.05, 0.1) is 11.3 Å². The third-order valence-electron chi connectivity index (χ3n) is 4.57. The Labute approximate surface area is 139 Å². The average Bonchev–Trinajstić information content (AvgIpc) is 2.77. The van der Waals surface area contributed by atoms with E-state index in [0.717, 1.165) is 41.8 Å². The smallest absolute Gasteiger partial charge is 0.262 e. The number of hydrogen-bond acceptors (Lipinski definition) is 3. The zero-order valence-corrected chi connectivity index (χ0v) is 13.5. The minimum Gasteiger partial charge on any atom is -0.302 e. The Hall–Kier alpha value is -2.53. The quantitative estimate of drug-likeness (QED) is 0.691. The van der Waals surface area contributed by atoms with Crippen molar-refractivity contribution in [3.8, 4) is 11.1 Å². The summed E-state index contributed by atoms with van der Waals surface area (Å²) in [4.78, 5) is 19.7. The van der Waals surface area contributed by atoms with Crippen molar-refractivity contribution in [2.75, 3.05) is 13.6 Å². The lowest BCUT2D eigenvalue weighted by Gasteiger charge is -2.13. The predicted octanol–water partition coefficient (Wildman–Crippen LogP) is 2.88. The van der Waals surface area contributed by atoms with Crippen molar-refractivity contribution < 1.29 is 4.39 Å². The molecule has 0 saturated carbocycles. The van der Waals surface area contributed by atoms with Crippen molar-refractivity contribution in [2.45, 2.75) is 19.4 Å². The zero-order chi connectivity index (χ0) is 16.7. The minimum absolute atomic E-state index is 0.00871. The summed E-state index contributed by atoms with van der Waals surface area (Å²) < 4.78 is 14.7. The molecule has 5 heteroatoms. The maximum atomic E-state index is 13.1. The van der Waals surface area contributed by atoms with Crippen LogP contribution in [-0.2, 0) is 13.0 Å². The summed E-state index contributed by atoms with van der Waals surface area (Å²) in [6.07, 6.45) is 3.59. The largest absolute Gasteiger partial charge is 0.302 e. The molecule has 0 spiro atoms.